The maximum Gasteiger partial charge on any atom is 0.339 e. The quantitative estimate of drug-likeness (QED) is 0.290. The standard InChI is InChI=1S/C24H20N2O3S2/c1-16-25-20(14-30-16)15-31-22-9-5-4-8-21(22)24(28)29-13-23(27)26-19-11-10-17-6-2-3-7-18(17)12-19/h2-12,14H,13,15H2,1H3,(H,26,27). The average Bonchev–Trinajstić information content (AvgIpc) is 3.21. The fraction of sp³-hybridized carbons (Fsp3) is 0.125. The number of carbonyl (C=O) groups is 2. The minimum Gasteiger partial charge on any atom is -0.452 e. The second-order valence-corrected chi connectivity index (χ2v) is 8.91. The molecule has 0 bridgehead atoms. The Hall–Kier alpha value is -3.16. The number of thioether (sulfide) groups is 1. The first kappa shape index (κ1) is 21.1. The molecule has 0 unspecified atom stereocenters. The van der Waals surface area contributed by atoms with Crippen LogP contribution in [0.2, 0.25) is 0 Å². The molecule has 0 fully saturated rings. The van der Waals surface area contributed by atoms with E-state index in [0.29, 0.717) is 17.0 Å². The molecule has 4 rings (SSSR count). The van der Waals surface area contributed by atoms with Gasteiger partial charge in [-0.3, -0.25) is 4.79 Å². The van der Waals surface area contributed by atoms with Crippen molar-refractivity contribution < 1.29 is 14.3 Å². The molecule has 0 spiro atoms. The number of nitrogens with one attached hydrogen (secondary N) is 1. The number of ether oxygens (including phenoxy) is 1. The first-order valence-corrected chi connectivity index (χ1v) is 11.5. The van der Waals surface area contributed by atoms with Crippen LogP contribution in [0.25, 0.3) is 10.8 Å². The summed E-state index contributed by atoms with van der Waals surface area (Å²) in [5.41, 5.74) is 2.08. The third-order valence-corrected chi connectivity index (χ3v) is 6.45. The lowest BCUT2D eigenvalue weighted by atomic mass is 10.1. The van der Waals surface area contributed by atoms with Crippen molar-refractivity contribution in [2.45, 2.75) is 17.6 Å². The van der Waals surface area contributed by atoms with Crippen molar-refractivity contribution in [2.75, 3.05) is 11.9 Å². The molecule has 5 nitrogen and oxygen atoms in total. The summed E-state index contributed by atoms with van der Waals surface area (Å²) in [4.78, 5) is 30.1. The van der Waals surface area contributed by atoms with Gasteiger partial charge in [0.25, 0.3) is 5.91 Å². The van der Waals surface area contributed by atoms with Crippen LogP contribution >= 0.6 is 23.1 Å². The topological polar surface area (TPSA) is 68.3 Å². The monoisotopic (exact) mass is 448 g/mol. The van der Waals surface area contributed by atoms with Crippen LogP contribution in [0.4, 0.5) is 5.69 Å². The predicted molar refractivity (Wildman–Crippen MR) is 126 cm³/mol. The van der Waals surface area contributed by atoms with Crippen LogP contribution < -0.4 is 5.32 Å². The number of nitrogens with zero attached hydrogens (tertiary/aromatic N) is 1. The Morgan fingerprint density at radius 1 is 1.03 bits per heavy atom. The van der Waals surface area contributed by atoms with E-state index >= 15 is 0 Å². The zero-order valence-electron chi connectivity index (χ0n) is 16.8. The highest BCUT2D eigenvalue weighted by Gasteiger charge is 2.15. The molecule has 4 aromatic rings. The average molecular weight is 449 g/mol. The number of hydrogen-bond acceptors (Lipinski definition) is 6. The van der Waals surface area contributed by atoms with Crippen molar-refractivity contribution in [3.8, 4) is 0 Å². The molecule has 0 radical (unpaired) electrons. The maximum atomic E-state index is 12.6. The second kappa shape index (κ2) is 9.76. The van der Waals surface area contributed by atoms with Crippen LogP contribution in [0.15, 0.2) is 77.0 Å². The van der Waals surface area contributed by atoms with Crippen LogP contribution in [-0.2, 0) is 15.3 Å². The molecular weight excluding hydrogens is 428 g/mol. The van der Waals surface area contributed by atoms with Gasteiger partial charge in [0.05, 0.1) is 16.3 Å². The van der Waals surface area contributed by atoms with Gasteiger partial charge in [-0.25, -0.2) is 9.78 Å². The fourth-order valence-corrected chi connectivity index (χ4v) is 4.71. The van der Waals surface area contributed by atoms with Crippen LogP contribution in [0.3, 0.4) is 0 Å². The van der Waals surface area contributed by atoms with E-state index in [9.17, 15) is 9.59 Å². The summed E-state index contributed by atoms with van der Waals surface area (Å²) in [5.74, 6) is -0.241. The van der Waals surface area contributed by atoms with E-state index in [1.807, 2.05) is 66.9 Å². The summed E-state index contributed by atoms with van der Waals surface area (Å²) in [6, 6.07) is 20.8. The van der Waals surface area contributed by atoms with E-state index in [1.165, 1.54) is 11.8 Å². The Morgan fingerprint density at radius 3 is 2.61 bits per heavy atom. The number of thiazole rings is 1. The number of aromatic nitrogens is 1. The largest absolute Gasteiger partial charge is 0.452 e. The molecular formula is C24H20N2O3S2. The van der Waals surface area contributed by atoms with Crippen molar-refractivity contribution in [1.82, 2.24) is 4.98 Å². The van der Waals surface area contributed by atoms with Crippen LogP contribution in [0.5, 0.6) is 0 Å². The smallest absolute Gasteiger partial charge is 0.339 e. The molecule has 3 aromatic carbocycles. The van der Waals surface area contributed by atoms with E-state index in [0.717, 1.165) is 26.4 Å². The maximum absolute atomic E-state index is 12.6. The first-order valence-electron chi connectivity index (χ1n) is 9.67. The van der Waals surface area contributed by atoms with Crippen LogP contribution in [-0.4, -0.2) is 23.5 Å². The Bertz CT molecular complexity index is 1240. The number of benzene rings is 3. The first-order chi connectivity index (χ1) is 15.1. The van der Waals surface area contributed by atoms with Crippen LogP contribution in [0.1, 0.15) is 21.1 Å². The van der Waals surface area contributed by atoms with Gasteiger partial charge in [0, 0.05) is 21.7 Å². The summed E-state index contributed by atoms with van der Waals surface area (Å²) in [6.45, 7) is 1.61. The lowest BCUT2D eigenvalue weighted by molar-refractivity contribution is -0.119. The lowest BCUT2D eigenvalue weighted by Crippen LogP contribution is -2.21. The Morgan fingerprint density at radius 2 is 1.81 bits per heavy atom. The Labute approximate surface area is 188 Å². The van der Waals surface area contributed by atoms with Crippen molar-refractivity contribution in [3.05, 3.63) is 88.4 Å². The molecule has 1 N–H and O–H groups in total. The molecule has 0 aliphatic rings. The molecule has 0 aliphatic heterocycles. The second-order valence-electron chi connectivity index (χ2n) is 6.83. The van der Waals surface area contributed by atoms with Crippen LogP contribution in [0, 0.1) is 6.92 Å². The van der Waals surface area contributed by atoms with Gasteiger partial charge in [0.2, 0.25) is 0 Å². The minimum absolute atomic E-state index is 0.351. The number of fused-ring (bicyclic) bond motifs is 1. The predicted octanol–water partition coefficient (Wildman–Crippen LogP) is 5.69. The number of aryl methyl sites for hydroxylation is 1. The van der Waals surface area contributed by atoms with Crippen molar-refractivity contribution in [1.29, 1.82) is 0 Å². The number of carbonyl (C=O) groups excluding carboxylic acids is 2. The zero-order valence-corrected chi connectivity index (χ0v) is 18.5. The highest BCUT2D eigenvalue weighted by Crippen LogP contribution is 2.27. The lowest BCUT2D eigenvalue weighted by Gasteiger charge is -2.10. The molecule has 1 aromatic heterocycles. The summed E-state index contributed by atoms with van der Waals surface area (Å²) >= 11 is 3.12. The molecule has 0 aliphatic carbocycles. The van der Waals surface area contributed by atoms with Gasteiger partial charge in [-0.2, -0.15) is 0 Å². The van der Waals surface area contributed by atoms with Crippen molar-refractivity contribution in [2.24, 2.45) is 0 Å². The number of amides is 1. The Balaban J connectivity index is 1.35. The molecule has 1 amide bonds. The van der Waals surface area contributed by atoms with Gasteiger partial charge in [-0.05, 0) is 42.0 Å². The third-order valence-electron chi connectivity index (χ3n) is 4.52. The van der Waals surface area contributed by atoms with Gasteiger partial charge in [-0.15, -0.1) is 23.1 Å². The van der Waals surface area contributed by atoms with Gasteiger partial charge >= 0.3 is 5.97 Å². The summed E-state index contributed by atoms with van der Waals surface area (Å²) in [6.07, 6.45) is 0. The highest BCUT2D eigenvalue weighted by atomic mass is 32.2. The van der Waals surface area contributed by atoms with Gasteiger partial charge in [0.1, 0.15) is 0 Å². The molecule has 156 valence electrons. The summed E-state index contributed by atoms with van der Waals surface area (Å²) < 4.78 is 5.27. The third kappa shape index (κ3) is 5.51. The number of esters is 1. The van der Waals surface area contributed by atoms with Gasteiger partial charge in [0.15, 0.2) is 6.61 Å². The number of anilines is 1. The normalized spacial score (nSPS) is 10.7. The number of rotatable bonds is 7. The van der Waals surface area contributed by atoms with E-state index in [4.69, 9.17) is 4.74 Å². The van der Waals surface area contributed by atoms with Crippen molar-refractivity contribution in [3.63, 3.8) is 0 Å². The summed E-state index contributed by atoms with van der Waals surface area (Å²) in [5, 5.41) is 7.92. The van der Waals surface area contributed by atoms with E-state index < -0.39 is 5.97 Å². The fourth-order valence-electron chi connectivity index (χ4n) is 3.06. The zero-order chi connectivity index (χ0) is 21.6. The van der Waals surface area contributed by atoms with E-state index in [2.05, 4.69) is 10.3 Å². The van der Waals surface area contributed by atoms with E-state index in [1.54, 1.807) is 23.5 Å². The Kier molecular flexibility index (Phi) is 6.64. The number of hydrogen-bond donors (Lipinski definition) is 1. The molecule has 7 heteroatoms. The SMILES string of the molecule is Cc1nc(CSc2ccccc2C(=O)OCC(=O)Nc2ccc3ccccc3c2)cs1. The van der Waals surface area contributed by atoms with Gasteiger partial charge in [-0.1, -0.05) is 42.5 Å². The summed E-state index contributed by atoms with van der Waals surface area (Å²) in [7, 11) is 0. The van der Waals surface area contributed by atoms with Gasteiger partial charge < -0.3 is 10.1 Å². The molecule has 1 heterocycles. The van der Waals surface area contributed by atoms with Crippen molar-refractivity contribution >= 4 is 51.4 Å². The molecule has 31 heavy (non-hydrogen) atoms. The molecule has 0 atom stereocenters. The molecule has 0 saturated heterocycles. The highest BCUT2D eigenvalue weighted by molar-refractivity contribution is 7.98. The molecule has 0 saturated carbocycles. The van der Waals surface area contributed by atoms with E-state index in [-0.39, 0.29) is 12.5 Å². The minimum atomic E-state index is -0.522.